The van der Waals surface area contributed by atoms with Crippen LogP contribution in [0.25, 0.3) is 0 Å². The molecule has 0 spiro atoms. The number of carboxylic acids is 1. The van der Waals surface area contributed by atoms with Crippen LogP contribution in [0, 0.1) is 0 Å². The molecule has 72 valence electrons. The lowest BCUT2D eigenvalue weighted by Gasteiger charge is -2.26. The van der Waals surface area contributed by atoms with Gasteiger partial charge in [-0.3, -0.25) is 4.79 Å². The van der Waals surface area contributed by atoms with Gasteiger partial charge in [0.05, 0.1) is 6.42 Å². The van der Waals surface area contributed by atoms with Crippen LogP contribution in [0.2, 0.25) is 0 Å². The highest BCUT2D eigenvalue weighted by Crippen LogP contribution is 2.13. The third kappa shape index (κ3) is 4.31. The molecule has 1 unspecified atom stereocenters. The number of nitrogens with one attached hydrogen (secondary N) is 1. The van der Waals surface area contributed by atoms with E-state index in [0.717, 1.165) is 0 Å². The first kappa shape index (κ1) is 11.4. The second-order valence-electron chi connectivity index (χ2n) is 3.12. The molecule has 0 aliphatic rings. The summed E-state index contributed by atoms with van der Waals surface area (Å²) in [4.78, 5) is 10.5. The zero-order valence-corrected chi connectivity index (χ0v) is 7.89. The summed E-state index contributed by atoms with van der Waals surface area (Å²) in [5.74, 6) is -0.789. The molecule has 0 heterocycles. The number of ether oxygens (including phenoxy) is 1. The van der Waals surface area contributed by atoms with Crippen LogP contribution < -0.4 is 5.32 Å². The Hall–Kier alpha value is -0.610. The molecule has 4 nitrogen and oxygen atoms in total. The summed E-state index contributed by atoms with van der Waals surface area (Å²) in [6, 6.07) is 0. The van der Waals surface area contributed by atoms with Gasteiger partial charge in [0.2, 0.25) is 0 Å². The molecule has 0 rings (SSSR count). The normalized spacial score (nSPS) is 15.6. The summed E-state index contributed by atoms with van der Waals surface area (Å²) < 4.78 is 4.89. The quantitative estimate of drug-likeness (QED) is 0.616. The predicted molar refractivity (Wildman–Crippen MR) is 46.2 cm³/mol. The third-order valence-electron chi connectivity index (χ3n) is 2.00. The van der Waals surface area contributed by atoms with Crippen molar-refractivity contribution in [3.8, 4) is 0 Å². The lowest BCUT2D eigenvalue weighted by Crippen LogP contribution is -2.42. The van der Waals surface area contributed by atoms with Gasteiger partial charge >= 0.3 is 5.97 Å². The fourth-order valence-electron chi connectivity index (χ4n) is 0.963. The number of aliphatic carboxylic acids is 1. The van der Waals surface area contributed by atoms with Gasteiger partial charge in [-0.05, 0) is 20.4 Å². The van der Waals surface area contributed by atoms with Gasteiger partial charge in [-0.2, -0.15) is 0 Å². The maximum absolute atomic E-state index is 10.5. The summed E-state index contributed by atoms with van der Waals surface area (Å²) in [6.45, 7) is 2.45. The second-order valence-corrected chi connectivity index (χ2v) is 3.12. The fraction of sp³-hybridized carbons (Fsp3) is 0.875. The van der Waals surface area contributed by atoms with Crippen LogP contribution in [0.15, 0.2) is 0 Å². The number of hydrogen-bond donors (Lipinski definition) is 2. The van der Waals surface area contributed by atoms with Crippen LogP contribution in [0.1, 0.15) is 19.8 Å². The summed E-state index contributed by atoms with van der Waals surface area (Å²) in [5.41, 5.74) is -0.359. The highest BCUT2D eigenvalue weighted by Gasteiger charge is 2.24. The number of methoxy groups -OCH3 is 1. The van der Waals surface area contributed by atoms with E-state index in [9.17, 15) is 4.79 Å². The second kappa shape index (κ2) is 5.11. The highest BCUT2D eigenvalue weighted by molar-refractivity contribution is 5.68. The number of hydrogen-bond acceptors (Lipinski definition) is 3. The maximum Gasteiger partial charge on any atom is 0.305 e. The first-order valence-electron chi connectivity index (χ1n) is 3.94. The zero-order chi connectivity index (χ0) is 9.61. The van der Waals surface area contributed by atoms with Crippen molar-refractivity contribution in [3.63, 3.8) is 0 Å². The van der Waals surface area contributed by atoms with Crippen LogP contribution in [0.3, 0.4) is 0 Å². The molecule has 0 saturated heterocycles. The summed E-state index contributed by atoms with van der Waals surface area (Å²) >= 11 is 0. The molecule has 0 aromatic carbocycles. The standard InChI is InChI=1S/C8H17NO3/c1-8(9-2,4-5-12-3)6-7(10)11/h9H,4-6H2,1-3H3,(H,10,11). The average molecular weight is 175 g/mol. The van der Waals surface area contributed by atoms with Gasteiger partial charge in [-0.25, -0.2) is 0 Å². The Morgan fingerprint density at radius 1 is 1.67 bits per heavy atom. The molecule has 0 aliphatic carbocycles. The van der Waals surface area contributed by atoms with Crippen LogP contribution in [-0.4, -0.2) is 37.4 Å². The first-order chi connectivity index (χ1) is 5.54. The molecule has 0 saturated carbocycles. The predicted octanol–water partition coefficient (Wildman–Crippen LogP) is 0.476. The number of carbonyl (C=O) groups is 1. The highest BCUT2D eigenvalue weighted by atomic mass is 16.5. The molecular formula is C8H17NO3. The van der Waals surface area contributed by atoms with Gasteiger partial charge in [-0.15, -0.1) is 0 Å². The molecule has 1 atom stereocenters. The van der Waals surface area contributed by atoms with E-state index in [1.54, 1.807) is 14.2 Å². The maximum atomic E-state index is 10.5. The van der Waals surface area contributed by atoms with Crippen molar-refractivity contribution in [2.24, 2.45) is 0 Å². The van der Waals surface area contributed by atoms with Crippen molar-refractivity contribution in [2.45, 2.75) is 25.3 Å². The Bertz CT molecular complexity index is 149. The Morgan fingerprint density at radius 3 is 2.58 bits per heavy atom. The van der Waals surface area contributed by atoms with Gasteiger partial charge in [-0.1, -0.05) is 0 Å². The van der Waals surface area contributed by atoms with E-state index >= 15 is 0 Å². The third-order valence-corrected chi connectivity index (χ3v) is 2.00. The van der Waals surface area contributed by atoms with Crippen molar-refractivity contribution >= 4 is 5.97 Å². The van der Waals surface area contributed by atoms with E-state index in [-0.39, 0.29) is 12.0 Å². The SMILES string of the molecule is CNC(C)(CCOC)CC(=O)O. The largest absolute Gasteiger partial charge is 0.481 e. The zero-order valence-electron chi connectivity index (χ0n) is 7.89. The lowest BCUT2D eigenvalue weighted by atomic mass is 9.94. The van der Waals surface area contributed by atoms with Crippen molar-refractivity contribution in [3.05, 3.63) is 0 Å². The van der Waals surface area contributed by atoms with Crippen molar-refractivity contribution < 1.29 is 14.6 Å². The van der Waals surface area contributed by atoms with Crippen LogP contribution in [0.5, 0.6) is 0 Å². The van der Waals surface area contributed by atoms with Crippen molar-refractivity contribution in [2.75, 3.05) is 20.8 Å². The van der Waals surface area contributed by atoms with Crippen molar-refractivity contribution in [1.82, 2.24) is 5.32 Å². The Labute approximate surface area is 72.9 Å². The smallest absolute Gasteiger partial charge is 0.305 e. The fourth-order valence-corrected chi connectivity index (χ4v) is 0.963. The molecule has 0 fully saturated rings. The van der Waals surface area contributed by atoms with Gasteiger partial charge in [0.1, 0.15) is 0 Å². The molecule has 0 aromatic heterocycles. The Balaban J connectivity index is 3.95. The van der Waals surface area contributed by atoms with E-state index in [0.29, 0.717) is 13.0 Å². The average Bonchev–Trinajstić information content (AvgIpc) is 2.00. The Morgan fingerprint density at radius 2 is 2.25 bits per heavy atom. The minimum Gasteiger partial charge on any atom is -0.481 e. The van der Waals surface area contributed by atoms with E-state index in [1.807, 2.05) is 6.92 Å². The molecule has 4 heteroatoms. The lowest BCUT2D eigenvalue weighted by molar-refractivity contribution is -0.138. The van der Waals surface area contributed by atoms with Crippen LogP contribution in [-0.2, 0) is 9.53 Å². The Kier molecular flexibility index (Phi) is 4.85. The van der Waals surface area contributed by atoms with E-state index in [2.05, 4.69) is 5.32 Å². The topological polar surface area (TPSA) is 58.6 Å². The van der Waals surface area contributed by atoms with E-state index < -0.39 is 5.97 Å². The number of rotatable bonds is 6. The molecule has 0 aliphatic heterocycles. The molecular weight excluding hydrogens is 158 g/mol. The van der Waals surface area contributed by atoms with Gasteiger partial charge in [0, 0.05) is 19.3 Å². The monoisotopic (exact) mass is 175 g/mol. The van der Waals surface area contributed by atoms with Crippen molar-refractivity contribution in [1.29, 1.82) is 0 Å². The molecule has 2 N–H and O–H groups in total. The molecule has 0 bridgehead atoms. The minimum atomic E-state index is -0.789. The molecule has 0 radical (unpaired) electrons. The summed E-state index contributed by atoms with van der Waals surface area (Å²) in [7, 11) is 3.37. The van der Waals surface area contributed by atoms with Crippen LogP contribution >= 0.6 is 0 Å². The minimum absolute atomic E-state index is 0.118. The van der Waals surface area contributed by atoms with Crippen LogP contribution in [0.4, 0.5) is 0 Å². The molecule has 12 heavy (non-hydrogen) atoms. The van der Waals surface area contributed by atoms with Gasteiger partial charge < -0.3 is 15.2 Å². The molecule has 0 amide bonds. The number of carboxylic acid groups (broad SMARTS) is 1. The van der Waals surface area contributed by atoms with Gasteiger partial charge in [0.25, 0.3) is 0 Å². The van der Waals surface area contributed by atoms with E-state index in [1.165, 1.54) is 0 Å². The van der Waals surface area contributed by atoms with E-state index in [4.69, 9.17) is 9.84 Å². The molecule has 0 aromatic rings. The summed E-state index contributed by atoms with van der Waals surface area (Å²) in [6.07, 6.45) is 0.819. The summed E-state index contributed by atoms with van der Waals surface area (Å²) in [5, 5.41) is 11.6. The van der Waals surface area contributed by atoms with Gasteiger partial charge in [0.15, 0.2) is 0 Å². The first-order valence-corrected chi connectivity index (χ1v) is 3.94.